The number of carboxylic acid groups (broad SMARTS) is 1. The first-order valence-electron chi connectivity index (χ1n) is 15.9. The minimum absolute atomic E-state index is 0.0429. The number of carbonyl (C=O) groups excluding carboxylic acids is 2. The van der Waals surface area contributed by atoms with Crippen LogP contribution in [0.3, 0.4) is 0 Å². The Morgan fingerprint density at radius 3 is 2.41 bits per heavy atom. The Morgan fingerprint density at radius 2 is 1.80 bits per heavy atom. The van der Waals surface area contributed by atoms with E-state index in [4.69, 9.17) is 37.4 Å². The molecule has 0 saturated carbocycles. The molecule has 4 aromatic rings. The van der Waals surface area contributed by atoms with Gasteiger partial charge in [0.1, 0.15) is 16.1 Å². The monoisotopic (exact) mass is 706 g/mol. The summed E-state index contributed by atoms with van der Waals surface area (Å²) in [5, 5.41) is 23.2. The van der Waals surface area contributed by atoms with Crippen LogP contribution in [0.15, 0.2) is 73.3 Å². The van der Waals surface area contributed by atoms with E-state index < -0.39 is 18.0 Å². The lowest BCUT2D eigenvalue weighted by molar-refractivity contribution is -0.904. The molecule has 3 aliphatic rings. The number of hydrogen-bond acceptors (Lipinski definition) is 9. The molecule has 11 nitrogen and oxygen atoms in total. The minimum atomic E-state index is -1.40. The fraction of sp³-hybridized carbons (Fsp3) is 0.333. The number of piperidine rings is 3. The number of halogens is 2. The normalized spacial score (nSPS) is 18.8. The third-order valence-electron chi connectivity index (χ3n) is 9.41. The number of aromatic nitrogens is 2. The Kier molecular flexibility index (Phi) is 10.4. The first kappa shape index (κ1) is 34.3. The fourth-order valence-electron chi connectivity index (χ4n) is 6.92. The number of fused-ring (bicyclic) bond motifs is 3. The van der Waals surface area contributed by atoms with E-state index in [-0.39, 0.29) is 40.6 Å². The zero-order chi connectivity index (χ0) is 34.7. The molecule has 256 valence electrons. The summed E-state index contributed by atoms with van der Waals surface area (Å²) >= 11 is 13.2. The molecule has 0 spiro atoms. The predicted molar refractivity (Wildman–Crippen MR) is 180 cm³/mol. The molecule has 7 rings (SSSR count). The Labute approximate surface area is 294 Å². The van der Waals surface area contributed by atoms with E-state index >= 15 is 0 Å². The van der Waals surface area contributed by atoms with Crippen molar-refractivity contribution in [3.8, 4) is 11.5 Å². The highest BCUT2D eigenvalue weighted by Crippen LogP contribution is 2.41. The standard InChI is InChI=1S/C36H36Cl2N4O7/c1-47-31-9-8-23(15-32(31)48-2)27(16-28-29(37)19-41(46)20-30(28)38)34-24(5-3-7-26(34)35(43)44)18-42(25-6-4-12-39-17-25)36(45)49-33-21-40-13-10-22(33)11-14-40/h3-9,12,15,17,19-20,22,27,33H,10-11,13-14,16,18,21H2,1-2H3,(H-,43,44,46)/t27-,33-/m0/s1. The average Bonchev–Trinajstić information content (AvgIpc) is 3.11. The third kappa shape index (κ3) is 7.39. The van der Waals surface area contributed by atoms with Crippen LogP contribution in [0.2, 0.25) is 10.0 Å². The first-order valence-corrected chi connectivity index (χ1v) is 16.7. The number of amides is 1. The molecule has 0 radical (unpaired) electrons. The molecule has 2 atom stereocenters. The number of benzene rings is 2. The molecule has 2 bridgehead atoms. The summed E-state index contributed by atoms with van der Waals surface area (Å²) in [4.78, 5) is 34.9. The van der Waals surface area contributed by atoms with E-state index in [9.17, 15) is 19.9 Å². The molecule has 2 aromatic heterocycles. The predicted octanol–water partition coefficient (Wildman–Crippen LogP) is 4.91. The van der Waals surface area contributed by atoms with Crippen molar-refractivity contribution < 1.29 is 38.8 Å². The third-order valence-corrected chi connectivity index (χ3v) is 10.1. The number of rotatable bonds is 11. The first-order chi connectivity index (χ1) is 23.7. The van der Waals surface area contributed by atoms with Gasteiger partial charge in [0.2, 0.25) is 12.4 Å². The van der Waals surface area contributed by atoms with E-state index in [1.807, 2.05) is 0 Å². The van der Waals surface area contributed by atoms with Crippen LogP contribution in [0.4, 0.5) is 10.5 Å². The Hall–Kier alpha value is -4.58. The summed E-state index contributed by atoms with van der Waals surface area (Å²) in [6.07, 6.45) is 7.03. The molecule has 3 fully saturated rings. The van der Waals surface area contributed by atoms with Gasteiger partial charge in [-0.2, -0.15) is 0 Å². The second kappa shape index (κ2) is 14.9. The van der Waals surface area contributed by atoms with Gasteiger partial charge in [-0.3, -0.25) is 20.0 Å². The number of ether oxygens (including phenoxy) is 3. The van der Waals surface area contributed by atoms with Crippen LogP contribution in [-0.4, -0.2) is 67.1 Å². The van der Waals surface area contributed by atoms with Crippen LogP contribution in [0, 0.1) is 5.92 Å². The lowest BCUT2D eigenvalue weighted by Crippen LogP contribution is -2.53. The van der Waals surface area contributed by atoms with Gasteiger partial charge < -0.3 is 24.1 Å². The SMILES string of the molecule is COc1ccc([C@H](Cc2c(Cl)c[n+](O)cc2Cl)c2c(CN(C(=O)O[C@H]3CN4CCC3CC4)c3cccnc3)cccc2C(=O)[O-])cc1OC. The molecule has 1 amide bonds. The fourth-order valence-corrected chi connectivity index (χ4v) is 7.52. The molecule has 1 N–H and O–H groups in total. The van der Waals surface area contributed by atoms with E-state index in [2.05, 4.69) is 9.88 Å². The van der Waals surface area contributed by atoms with Gasteiger partial charge in [0.15, 0.2) is 11.5 Å². The van der Waals surface area contributed by atoms with Gasteiger partial charge in [0.05, 0.1) is 38.6 Å². The molecule has 0 aliphatic carbocycles. The largest absolute Gasteiger partial charge is 0.545 e. The van der Waals surface area contributed by atoms with Gasteiger partial charge in [-0.25, -0.2) is 4.79 Å². The maximum atomic E-state index is 14.1. The van der Waals surface area contributed by atoms with Crippen molar-refractivity contribution in [1.82, 2.24) is 9.88 Å². The van der Waals surface area contributed by atoms with Crippen LogP contribution in [0.1, 0.15) is 51.4 Å². The lowest BCUT2D eigenvalue weighted by atomic mass is 9.80. The van der Waals surface area contributed by atoms with Gasteiger partial charge >= 0.3 is 6.09 Å². The van der Waals surface area contributed by atoms with E-state index in [1.165, 1.54) is 37.6 Å². The summed E-state index contributed by atoms with van der Waals surface area (Å²) < 4.78 is 18.0. The maximum absolute atomic E-state index is 14.1. The van der Waals surface area contributed by atoms with Gasteiger partial charge in [-0.15, -0.1) is 0 Å². The molecule has 13 heteroatoms. The minimum Gasteiger partial charge on any atom is -0.545 e. The number of carboxylic acids is 1. The van der Waals surface area contributed by atoms with Crippen LogP contribution in [0.5, 0.6) is 11.5 Å². The highest BCUT2D eigenvalue weighted by atomic mass is 35.5. The number of anilines is 1. The summed E-state index contributed by atoms with van der Waals surface area (Å²) in [5.74, 6) is -0.914. The van der Waals surface area contributed by atoms with Gasteiger partial charge in [0, 0.05) is 34.5 Å². The van der Waals surface area contributed by atoms with E-state index in [0.29, 0.717) is 46.0 Å². The smallest absolute Gasteiger partial charge is 0.414 e. The summed E-state index contributed by atoms with van der Waals surface area (Å²) in [7, 11) is 3.03. The van der Waals surface area contributed by atoms with E-state index in [1.54, 1.807) is 54.9 Å². The average molecular weight is 708 g/mol. The number of carbonyl (C=O) groups is 2. The van der Waals surface area contributed by atoms with Gasteiger partial charge in [-0.05, 0) is 79.2 Å². The van der Waals surface area contributed by atoms with Crippen molar-refractivity contribution in [2.45, 2.75) is 37.8 Å². The van der Waals surface area contributed by atoms with Crippen LogP contribution < -0.4 is 24.2 Å². The summed E-state index contributed by atoms with van der Waals surface area (Å²) in [6, 6.07) is 13.6. The van der Waals surface area contributed by atoms with Crippen LogP contribution in [0.25, 0.3) is 0 Å². The molecular weight excluding hydrogens is 671 g/mol. The number of nitrogens with zero attached hydrogens (tertiary/aromatic N) is 4. The molecule has 5 heterocycles. The summed E-state index contributed by atoms with van der Waals surface area (Å²) in [5.41, 5.74) is 2.45. The lowest BCUT2D eigenvalue weighted by Gasteiger charge is -2.44. The number of methoxy groups -OCH3 is 2. The van der Waals surface area contributed by atoms with Crippen molar-refractivity contribution >= 4 is 41.0 Å². The molecule has 2 aromatic carbocycles. The second-order valence-corrected chi connectivity index (χ2v) is 13.0. The zero-order valence-corrected chi connectivity index (χ0v) is 28.6. The van der Waals surface area contributed by atoms with E-state index in [0.717, 1.165) is 30.7 Å². The second-order valence-electron chi connectivity index (χ2n) is 12.2. The topological polar surface area (TPSA) is 128 Å². The molecule has 3 saturated heterocycles. The molecular formula is C36H36Cl2N4O7. The highest BCUT2D eigenvalue weighted by molar-refractivity contribution is 6.35. The Bertz CT molecular complexity index is 1810. The van der Waals surface area contributed by atoms with Gasteiger partial charge in [0.25, 0.3) is 0 Å². The van der Waals surface area contributed by atoms with Gasteiger partial charge in [-0.1, -0.05) is 47.5 Å². The number of pyridine rings is 2. The Morgan fingerprint density at radius 1 is 1.06 bits per heavy atom. The zero-order valence-electron chi connectivity index (χ0n) is 27.1. The molecule has 49 heavy (non-hydrogen) atoms. The maximum Gasteiger partial charge on any atom is 0.414 e. The van der Waals surface area contributed by atoms with Crippen molar-refractivity contribution in [3.63, 3.8) is 0 Å². The Balaban J connectivity index is 1.48. The van der Waals surface area contributed by atoms with Crippen molar-refractivity contribution in [2.24, 2.45) is 5.92 Å². The van der Waals surface area contributed by atoms with Crippen molar-refractivity contribution in [3.05, 3.63) is 111 Å². The molecule has 0 unspecified atom stereocenters. The van der Waals surface area contributed by atoms with Crippen LogP contribution in [-0.2, 0) is 17.7 Å². The van der Waals surface area contributed by atoms with Crippen molar-refractivity contribution in [2.75, 3.05) is 38.8 Å². The summed E-state index contributed by atoms with van der Waals surface area (Å²) in [6.45, 7) is 2.63. The number of aromatic carboxylic acids is 1. The van der Waals surface area contributed by atoms with Crippen LogP contribution >= 0.6 is 23.2 Å². The van der Waals surface area contributed by atoms with Crippen molar-refractivity contribution in [1.29, 1.82) is 0 Å². The highest BCUT2D eigenvalue weighted by Gasteiger charge is 2.38. The number of hydrogen-bond donors (Lipinski definition) is 1. The quantitative estimate of drug-likeness (QED) is 0.171. The molecule has 3 aliphatic heterocycles.